The summed E-state index contributed by atoms with van der Waals surface area (Å²) in [5.74, 6) is -0.362. The molecule has 14 heavy (non-hydrogen) atoms. The number of hydrogen-bond acceptors (Lipinski definition) is 2. The third-order valence-corrected chi connectivity index (χ3v) is 3.20. The molecule has 0 aromatic heterocycles. The maximum absolute atomic E-state index is 13.7. The zero-order chi connectivity index (χ0) is 10.2. The van der Waals surface area contributed by atoms with E-state index >= 15 is 0 Å². The van der Waals surface area contributed by atoms with Crippen LogP contribution < -0.4 is 5.32 Å². The molecule has 2 nitrogen and oxygen atoms in total. The van der Waals surface area contributed by atoms with Gasteiger partial charge in [0.25, 0.3) is 0 Å². The Morgan fingerprint density at radius 3 is 2.93 bits per heavy atom. The molecule has 0 saturated carbocycles. The number of benzene rings is 1. The van der Waals surface area contributed by atoms with Gasteiger partial charge in [-0.1, -0.05) is 12.1 Å². The fraction of sp³-hybridized carbons (Fsp3) is 0.400. The Labute approximate surface area is 90.3 Å². The molecule has 2 rings (SSSR count). The maximum atomic E-state index is 13.7. The first-order valence-electron chi connectivity index (χ1n) is 4.51. The average Bonchev–Trinajstić information content (AvgIpc) is 2.58. The van der Waals surface area contributed by atoms with E-state index in [1.165, 1.54) is 0 Å². The molecular weight excluding hydrogens is 249 g/mol. The molecule has 1 atom stereocenters. The van der Waals surface area contributed by atoms with Crippen LogP contribution in [0.15, 0.2) is 22.7 Å². The van der Waals surface area contributed by atoms with Crippen LogP contribution in [0.3, 0.4) is 0 Å². The van der Waals surface area contributed by atoms with E-state index in [1.807, 2.05) is 0 Å². The van der Waals surface area contributed by atoms with Crippen LogP contribution in [-0.2, 0) is 5.60 Å². The fourth-order valence-corrected chi connectivity index (χ4v) is 2.14. The van der Waals surface area contributed by atoms with Gasteiger partial charge in [0.1, 0.15) is 11.4 Å². The first kappa shape index (κ1) is 10.1. The molecule has 1 aliphatic heterocycles. The lowest BCUT2D eigenvalue weighted by molar-refractivity contribution is 0.0548. The smallest absolute Gasteiger partial charge is 0.143 e. The summed E-state index contributed by atoms with van der Waals surface area (Å²) in [6.45, 7) is 1.14. The summed E-state index contributed by atoms with van der Waals surface area (Å²) in [4.78, 5) is 0. The summed E-state index contributed by atoms with van der Waals surface area (Å²) in [6.07, 6.45) is 0.556. The van der Waals surface area contributed by atoms with Crippen LogP contribution in [0.5, 0.6) is 0 Å². The minimum atomic E-state index is -1.05. The predicted octanol–water partition coefficient (Wildman–Crippen LogP) is 1.77. The van der Waals surface area contributed by atoms with Gasteiger partial charge in [-0.3, -0.25) is 0 Å². The van der Waals surface area contributed by atoms with E-state index in [0.29, 0.717) is 23.0 Å². The monoisotopic (exact) mass is 259 g/mol. The van der Waals surface area contributed by atoms with Crippen molar-refractivity contribution < 1.29 is 9.50 Å². The Hall–Kier alpha value is -0.450. The summed E-state index contributed by atoms with van der Waals surface area (Å²) in [6, 6.07) is 5.00. The van der Waals surface area contributed by atoms with Gasteiger partial charge >= 0.3 is 0 Å². The van der Waals surface area contributed by atoms with Crippen molar-refractivity contribution in [3.05, 3.63) is 34.1 Å². The molecule has 1 unspecified atom stereocenters. The Balaban J connectivity index is 2.45. The van der Waals surface area contributed by atoms with Gasteiger partial charge in [0.05, 0.1) is 4.47 Å². The van der Waals surface area contributed by atoms with Crippen LogP contribution in [0.1, 0.15) is 12.0 Å². The van der Waals surface area contributed by atoms with Gasteiger partial charge in [-0.2, -0.15) is 0 Å². The molecule has 1 heterocycles. The molecule has 0 amide bonds. The van der Waals surface area contributed by atoms with Crippen molar-refractivity contribution in [3.8, 4) is 0 Å². The molecule has 1 aromatic carbocycles. The summed E-state index contributed by atoms with van der Waals surface area (Å²) in [5, 5.41) is 13.2. The molecular formula is C10H11BrFNO. The van der Waals surface area contributed by atoms with Gasteiger partial charge in [-0.15, -0.1) is 0 Å². The lowest BCUT2D eigenvalue weighted by atomic mass is 9.93. The quantitative estimate of drug-likeness (QED) is 0.806. The van der Waals surface area contributed by atoms with E-state index in [4.69, 9.17) is 0 Å². The summed E-state index contributed by atoms with van der Waals surface area (Å²) in [7, 11) is 0. The van der Waals surface area contributed by atoms with Crippen LogP contribution in [0, 0.1) is 5.82 Å². The van der Waals surface area contributed by atoms with E-state index < -0.39 is 5.60 Å². The lowest BCUT2D eigenvalue weighted by Crippen LogP contribution is -2.29. The number of rotatable bonds is 1. The summed E-state index contributed by atoms with van der Waals surface area (Å²) < 4.78 is 14.1. The highest BCUT2D eigenvalue weighted by Gasteiger charge is 2.35. The van der Waals surface area contributed by atoms with E-state index in [1.54, 1.807) is 18.2 Å². The molecule has 0 spiro atoms. The molecule has 76 valence electrons. The van der Waals surface area contributed by atoms with Crippen molar-refractivity contribution in [3.63, 3.8) is 0 Å². The standard InChI is InChI=1S/C10H11BrFNO/c11-8-3-1-2-7(9(8)12)10(14)4-5-13-6-10/h1-3,13-14H,4-6H2. The zero-order valence-corrected chi connectivity index (χ0v) is 9.14. The van der Waals surface area contributed by atoms with Crippen molar-refractivity contribution in [2.45, 2.75) is 12.0 Å². The number of halogens is 2. The van der Waals surface area contributed by atoms with E-state index in [2.05, 4.69) is 21.2 Å². The Morgan fingerprint density at radius 2 is 2.29 bits per heavy atom. The Bertz CT molecular complexity index is 350. The van der Waals surface area contributed by atoms with Crippen LogP contribution in [0.25, 0.3) is 0 Å². The second-order valence-electron chi connectivity index (χ2n) is 3.56. The number of nitrogens with one attached hydrogen (secondary N) is 1. The normalized spacial score (nSPS) is 26.8. The van der Waals surface area contributed by atoms with Gasteiger partial charge in [0.15, 0.2) is 0 Å². The third kappa shape index (κ3) is 1.58. The molecule has 2 N–H and O–H groups in total. The topological polar surface area (TPSA) is 32.3 Å². The number of aliphatic hydroxyl groups is 1. The highest BCUT2D eigenvalue weighted by molar-refractivity contribution is 9.10. The predicted molar refractivity (Wildman–Crippen MR) is 55.5 cm³/mol. The van der Waals surface area contributed by atoms with Gasteiger partial charge in [-0.25, -0.2) is 4.39 Å². The Kier molecular flexibility index (Phi) is 2.60. The summed E-state index contributed by atoms with van der Waals surface area (Å²) in [5.41, 5.74) is -0.676. The molecule has 0 bridgehead atoms. The second-order valence-corrected chi connectivity index (χ2v) is 4.41. The van der Waals surface area contributed by atoms with Crippen molar-refractivity contribution in [2.24, 2.45) is 0 Å². The van der Waals surface area contributed by atoms with Crippen molar-refractivity contribution in [1.82, 2.24) is 5.32 Å². The molecule has 1 fully saturated rings. The van der Waals surface area contributed by atoms with Gasteiger partial charge < -0.3 is 10.4 Å². The highest BCUT2D eigenvalue weighted by atomic mass is 79.9. The third-order valence-electron chi connectivity index (χ3n) is 2.59. The van der Waals surface area contributed by atoms with E-state index in [9.17, 15) is 9.50 Å². The largest absolute Gasteiger partial charge is 0.384 e. The van der Waals surface area contributed by atoms with Crippen LogP contribution in [-0.4, -0.2) is 18.2 Å². The molecule has 1 saturated heterocycles. The Morgan fingerprint density at radius 1 is 1.50 bits per heavy atom. The minimum Gasteiger partial charge on any atom is -0.384 e. The van der Waals surface area contributed by atoms with Crippen molar-refractivity contribution in [1.29, 1.82) is 0 Å². The van der Waals surface area contributed by atoms with Crippen molar-refractivity contribution in [2.75, 3.05) is 13.1 Å². The van der Waals surface area contributed by atoms with Crippen molar-refractivity contribution >= 4 is 15.9 Å². The first-order valence-corrected chi connectivity index (χ1v) is 5.30. The van der Waals surface area contributed by atoms with Gasteiger partial charge in [0, 0.05) is 12.1 Å². The highest BCUT2D eigenvalue weighted by Crippen LogP contribution is 2.32. The van der Waals surface area contributed by atoms with E-state index in [-0.39, 0.29) is 5.82 Å². The fourth-order valence-electron chi connectivity index (χ4n) is 1.77. The van der Waals surface area contributed by atoms with Crippen LogP contribution >= 0.6 is 15.9 Å². The molecule has 0 aliphatic carbocycles. The van der Waals surface area contributed by atoms with Crippen LogP contribution in [0.2, 0.25) is 0 Å². The van der Waals surface area contributed by atoms with Gasteiger partial charge in [0.2, 0.25) is 0 Å². The minimum absolute atomic E-state index is 0.362. The second kappa shape index (κ2) is 3.61. The summed E-state index contributed by atoms with van der Waals surface area (Å²) >= 11 is 3.11. The average molecular weight is 260 g/mol. The first-order chi connectivity index (χ1) is 6.63. The van der Waals surface area contributed by atoms with Gasteiger partial charge in [-0.05, 0) is 35.0 Å². The number of β-amino-alcohol motifs (C(OH)–C–C–N with tert-alkyl or cyclic N) is 1. The zero-order valence-electron chi connectivity index (χ0n) is 7.56. The molecule has 1 aliphatic rings. The SMILES string of the molecule is OC1(c2cccc(Br)c2F)CCNC1. The maximum Gasteiger partial charge on any atom is 0.143 e. The molecule has 0 radical (unpaired) electrons. The number of hydrogen-bond donors (Lipinski definition) is 2. The molecule has 1 aromatic rings. The van der Waals surface area contributed by atoms with E-state index in [0.717, 1.165) is 6.54 Å². The molecule has 4 heteroatoms. The lowest BCUT2D eigenvalue weighted by Gasteiger charge is -2.22. The van der Waals surface area contributed by atoms with Crippen LogP contribution in [0.4, 0.5) is 4.39 Å².